The second kappa shape index (κ2) is 6.71. The molecule has 0 unspecified atom stereocenters. The molecule has 2 bridgehead atoms. The highest BCUT2D eigenvalue weighted by Crippen LogP contribution is 2.42. The first-order chi connectivity index (χ1) is 10.5. The fourth-order valence-corrected chi connectivity index (χ4v) is 4.55. The number of allylic oxidation sites excluding steroid dienone is 2. The van der Waals surface area contributed by atoms with Crippen molar-refractivity contribution in [3.63, 3.8) is 0 Å². The molecule has 0 amide bonds. The number of fused-ring (bicyclic) bond motifs is 2. The molecule has 0 radical (unpaired) electrons. The van der Waals surface area contributed by atoms with Gasteiger partial charge < -0.3 is 5.32 Å². The van der Waals surface area contributed by atoms with Gasteiger partial charge in [0.05, 0.1) is 4.90 Å². The van der Waals surface area contributed by atoms with Crippen molar-refractivity contribution in [3.8, 4) is 0 Å². The molecule has 0 aliphatic heterocycles. The highest BCUT2D eigenvalue weighted by molar-refractivity contribution is 7.89. The topological polar surface area (TPSA) is 58.2 Å². The van der Waals surface area contributed by atoms with Crippen molar-refractivity contribution in [2.75, 3.05) is 19.6 Å². The van der Waals surface area contributed by atoms with Gasteiger partial charge in [0.15, 0.2) is 0 Å². The van der Waals surface area contributed by atoms with Crippen molar-refractivity contribution in [2.24, 2.45) is 17.8 Å². The SMILES string of the molecule is O=S(=O)(NCCNC[C@H]1C[C@@H]2C=C[C@H]1C2)c1ccc(Cl)cc1. The van der Waals surface area contributed by atoms with Crippen LogP contribution in [-0.4, -0.2) is 28.1 Å². The molecule has 3 rings (SSSR count). The summed E-state index contributed by atoms with van der Waals surface area (Å²) in [6.07, 6.45) is 7.24. The summed E-state index contributed by atoms with van der Waals surface area (Å²) in [6.45, 7) is 2.00. The number of benzene rings is 1. The Morgan fingerprint density at radius 1 is 1.09 bits per heavy atom. The Morgan fingerprint density at radius 3 is 2.50 bits per heavy atom. The van der Waals surface area contributed by atoms with Crippen LogP contribution >= 0.6 is 11.6 Å². The molecule has 2 aliphatic rings. The summed E-state index contributed by atoms with van der Waals surface area (Å²) in [7, 11) is -3.44. The van der Waals surface area contributed by atoms with E-state index in [1.54, 1.807) is 12.1 Å². The Balaban J connectivity index is 1.39. The maximum absolute atomic E-state index is 12.1. The van der Waals surface area contributed by atoms with E-state index in [0.29, 0.717) is 24.0 Å². The Bertz CT molecular complexity index is 643. The maximum atomic E-state index is 12.1. The van der Waals surface area contributed by atoms with Gasteiger partial charge in [0.25, 0.3) is 0 Å². The van der Waals surface area contributed by atoms with E-state index >= 15 is 0 Å². The molecule has 6 heteroatoms. The minimum atomic E-state index is -3.44. The maximum Gasteiger partial charge on any atom is 0.240 e. The molecule has 0 aromatic heterocycles. The zero-order chi connectivity index (χ0) is 15.6. The minimum absolute atomic E-state index is 0.245. The normalized spacial score (nSPS) is 26.7. The van der Waals surface area contributed by atoms with Gasteiger partial charge in [-0.05, 0) is 61.4 Å². The molecule has 0 saturated heterocycles. The lowest BCUT2D eigenvalue weighted by Crippen LogP contribution is -2.34. The molecule has 3 atom stereocenters. The van der Waals surface area contributed by atoms with Gasteiger partial charge in [0, 0.05) is 18.1 Å². The van der Waals surface area contributed by atoms with Crippen LogP contribution in [0.4, 0.5) is 0 Å². The summed E-state index contributed by atoms with van der Waals surface area (Å²) >= 11 is 5.77. The third-order valence-electron chi connectivity index (χ3n) is 4.54. The van der Waals surface area contributed by atoms with Crippen LogP contribution in [0.3, 0.4) is 0 Å². The van der Waals surface area contributed by atoms with Crippen LogP contribution in [0.2, 0.25) is 5.02 Å². The fourth-order valence-electron chi connectivity index (χ4n) is 3.39. The molecule has 1 aromatic carbocycles. The monoisotopic (exact) mass is 340 g/mol. The molecule has 1 aromatic rings. The molecular weight excluding hydrogens is 320 g/mol. The van der Waals surface area contributed by atoms with Gasteiger partial charge in [0.2, 0.25) is 10.0 Å². The minimum Gasteiger partial charge on any atom is -0.315 e. The molecule has 0 heterocycles. The van der Waals surface area contributed by atoms with Gasteiger partial charge in [-0.25, -0.2) is 13.1 Å². The van der Waals surface area contributed by atoms with E-state index in [4.69, 9.17) is 11.6 Å². The summed E-state index contributed by atoms with van der Waals surface area (Å²) in [6, 6.07) is 6.19. The van der Waals surface area contributed by atoms with E-state index in [0.717, 1.165) is 18.4 Å². The van der Waals surface area contributed by atoms with Crippen molar-refractivity contribution in [1.29, 1.82) is 0 Å². The van der Waals surface area contributed by atoms with E-state index in [-0.39, 0.29) is 4.90 Å². The van der Waals surface area contributed by atoms with E-state index in [9.17, 15) is 8.42 Å². The average Bonchev–Trinajstić information content (AvgIpc) is 3.10. The van der Waals surface area contributed by atoms with Crippen LogP contribution in [0.25, 0.3) is 0 Å². The van der Waals surface area contributed by atoms with Crippen molar-refractivity contribution < 1.29 is 8.42 Å². The largest absolute Gasteiger partial charge is 0.315 e. The van der Waals surface area contributed by atoms with Gasteiger partial charge in [0.1, 0.15) is 0 Å². The number of rotatable bonds is 7. The first kappa shape index (κ1) is 16.0. The van der Waals surface area contributed by atoms with Gasteiger partial charge >= 0.3 is 0 Å². The summed E-state index contributed by atoms with van der Waals surface area (Å²) in [5.41, 5.74) is 0. The van der Waals surface area contributed by atoms with Gasteiger partial charge in [-0.1, -0.05) is 23.8 Å². The zero-order valence-electron chi connectivity index (χ0n) is 12.3. The fraction of sp³-hybridized carbons (Fsp3) is 0.500. The van der Waals surface area contributed by atoms with E-state index in [1.165, 1.54) is 25.0 Å². The van der Waals surface area contributed by atoms with Crippen LogP contribution in [0, 0.1) is 17.8 Å². The molecule has 22 heavy (non-hydrogen) atoms. The predicted molar refractivity (Wildman–Crippen MR) is 88.4 cm³/mol. The molecule has 2 aliphatic carbocycles. The molecule has 1 fully saturated rings. The summed E-state index contributed by atoms with van der Waals surface area (Å²) in [5.74, 6) is 2.21. The van der Waals surface area contributed by atoms with Crippen molar-refractivity contribution in [2.45, 2.75) is 17.7 Å². The van der Waals surface area contributed by atoms with Gasteiger partial charge in [-0.3, -0.25) is 0 Å². The Kier molecular flexibility index (Phi) is 4.88. The molecular formula is C16H21ClN2O2S. The second-order valence-corrected chi connectivity index (χ2v) is 8.30. The van der Waals surface area contributed by atoms with Crippen LogP contribution in [0.5, 0.6) is 0 Å². The van der Waals surface area contributed by atoms with Crippen molar-refractivity contribution in [3.05, 3.63) is 41.4 Å². The highest BCUT2D eigenvalue weighted by atomic mass is 35.5. The summed E-state index contributed by atoms with van der Waals surface area (Å²) in [4.78, 5) is 0.245. The molecule has 4 nitrogen and oxygen atoms in total. The lowest BCUT2D eigenvalue weighted by Gasteiger charge is -2.18. The van der Waals surface area contributed by atoms with Gasteiger partial charge in [-0.15, -0.1) is 0 Å². The van der Waals surface area contributed by atoms with Crippen molar-refractivity contribution in [1.82, 2.24) is 10.0 Å². The highest BCUT2D eigenvalue weighted by Gasteiger charge is 2.34. The number of nitrogens with one attached hydrogen (secondary N) is 2. The molecule has 120 valence electrons. The third kappa shape index (κ3) is 3.71. The summed E-state index contributed by atoms with van der Waals surface area (Å²) in [5, 5.41) is 3.89. The number of hydrogen-bond donors (Lipinski definition) is 2. The Hall–Kier alpha value is -0.880. The third-order valence-corrected chi connectivity index (χ3v) is 6.27. The smallest absolute Gasteiger partial charge is 0.240 e. The predicted octanol–water partition coefficient (Wildman–Crippen LogP) is 2.42. The lowest BCUT2D eigenvalue weighted by molar-refractivity contribution is 0.416. The van der Waals surface area contributed by atoms with E-state index in [1.807, 2.05) is 0 Å². The van der Waals surface area contributed by atoms with Gasteiger partial charge in [-0.2, -0.15) is 0 Å². The molecule has 2 N–H and O–H groups in total. The number of sulfonamides is 1. The standard InChI is InChI=1S/C16H21ClN2O2S/c17-15-3-5-16(6-4-15)22(20,21)19-8-7-18-11-14-10-12-1-2-13(14)9-12/h1-6,12-14,18-19H,7-11H2/t12-,13+,14-/m1/s1. The van der Waals surface area contributed by atoms with Crippen LogP contribution < -0.4 is 10.0 Å². The Morgan fingerprint density at radius 2 is 1.86 bits per heavy atom. The van der Waals surface area contributed by atoms with Crippen LogP contribution in [0.15, 0.2) is 41.3 Å². The Labute approximate surface area is 137 Å². The number of halogens is 1. The van der Waals surface area contributed by atoms with Crippen molar-refractivity contribution >= 4 is 21.6 Å². The van der Waals surface area contributed by atoms with E-state index < -0.39 is 10.0 Å². The zero-order valence-corrected chi connectivity index (χ0v) is 13.9. The molecule has 1 saturated carbocycles. The number of hydrogen-bond acceptors (Lipinski definition) is 3. The second-order valence-electron chi connectivity index (χ2n) is 6.10. The molecule has 0 spiro atoms. The first-order valence-corrected chi connectivity index (χ1v) is 9.55. The van der Waals surface area contributed by atoms with Crippen LogP contribution in [-0.2, 0) is 10.0 Å². The lowest BCUT2D eigenvalue weighted by atomic mass is 9.94. The van der Waals surface area contributed by atoms with E-state index in [2.05, 4.69) is 22.2 Å². The quantitative estimate of drug-likeness (QED) is 0.592. The first-order valence-electron chi connectivity index (χ1n) is 7.69. The summed E-state index contributed by atoms with van der Waals surface area (Å²) < 4.78 is 26.8. The van der Waals surface area contributed by atoms with Crippen LogP contribution in [0.1, 0.15) is 12.8 Å². The average molecular weight is 341 g/mol.